The highest BCUT2D eigenvalue weighted by Crippen LogP contribution is 2.22. The second-order valence-electron chi connectivity index (χ2n) is 7.54. The van der Waals surface area contributed by atoms with E-state index < -0.39 is 16.1 Å². The van der Waals surface area contributed by atoms with Crippen molar-refractivity contribution < 1.29 is 17.9 Å². The first-order chi connectivity index (χ1) is 13.5. The molecule has 2 unspecified atom stereocenters. The quantitative estimate of drug-likeness (QED) is 0.698. The van der Waals surface area contributed by atoms with Crippen molar-refractivity contribution in [3.8, 4) is 0 Å². The summed E-state index contributed by atoms with van der Waals surface area (Å²) in [6, 6.07) is 9.71. The van der Waals surface area contributed by atoms with E-state index in [0.29, 0.717) is 32.5 Å². The Morgan fingerprint density at radius 3 is 2.79 bits per heavy atom. The molecule has 1 amide bonds. The third-order valence-electron chi connectivity index (χ3n) is 5.30. The number of amides is 1. The Hall–Kier alpha value is -1.48. The van der Waals surface area contributed by atoms with Gasteiger partial charge in [-0.15, -0.1) is 0 Å². The molecule has 2 atom stereocenters. The fourth-order valence-corrected chi connectivity index (χ4v) is 5.68. The molecule has 7 nitrogen and oxygen atoms in total. The van der Waals surface area contributed by atoms with E-state index >= 15 is 0 Å². The summed E-state index contributed by atoms with van der Waals surface area (Å²) in [5.74, 6) is -0.113. The number of sulfonamides is 1. The fraction of sp³-hybridized carbons (Fsp3) is 0.650. The Balaban J connectivity index is 1.50. The van der Waals surface area contributed by atoms with E-state index in [2.05, 4.69) is 22.3 Å². The summed E-state index contributed by atoms with van der Waals surface area (Å²) >= 11 is 0. The number of nitrogens with zero attached hydrogens (tertiary/aromatic N) is 2. The first-order valence-electron chi connectivity index (χ1n) is 10.1. The minimum Gasteiger partial charge on any atom is -0.374 e. The Kier molecular flexibility index (Phi) is 7.45. The van der Waals surface area contributed by atoms with E-state index in [1.165, 1.54) is 9.87 Å². The molecule has 2 fully saturated rings. The van der Waals surface area contributed by atoms with Crippen LogP contribution in [0.25, 0.3) is 0 Å². The summed E-state index contributed by atoms with van der Waals surface area (Å²) in [6.07, 6.45) is 1.79. The van der Waals surface area contributed by atoms with Gasteiger partial charge in [-0.1, -0.05) is 37.3 Å². The monoisotopic (exact) mass is 409 g/mol. The van der Waals surface area contributed by atoms with Gasteiger partial charge in [0.25, 0.3) is 0 Å². The maximum absolute atomic E-state index is 12.6. The van der Waals surface area contributed by atoms with Crippen LogP contribution in [0.5, 0.6) is 0 Å². The summed E-state index contributed by atoms with van der Waals surface area (Å²) in [4.78, 5) is 15.0. The van der Waals surface area contributed by atoms with Gasteiger partial charge in [-0.25, -0.2) is 8.42 Å². The molecule has 2 heterocycles. The highest BCUT2D eigenvalue weighted by Gasteiger charge is 2.38. The van der Waals surface area contributed by atoms with Gasteiger partial charge in [0.15, 0.2) is 0 Å². The molecule has 1 aromatic rings. The lowest BCUT2D eigenvalue weighted by molar-refractivity contribution is -0.125. The SMILES string of the molecule is CCCS(=O)(=O)N1CCCC1C(=O)NCC1CN(Cc2ccccc2)CCO1. The molecular weight excluding hydrogens is 378 g/mol. The standard InChI is InChI=1S/C20H31N3O4S/c1-2-13-28(25,26)23-10-6-9-19(23)20(24)21-14-18-16-22(11-12-27-18)15-17-7-4-3-5-8-17/h3-5,7-8,18-19H,2,6,9-16H2,1H3,(H,21,24). The van der Waals surface area contributed by atoms with Crippen LogP contribution in [0.2, 0.25) is 0 Å². The topological polar surface area (TPSA) is 79.0 Å². The van der Waals surface area contributed by atoms with Gasteiger partial charge in [-0.05, 0) is 24.8 Å². The lowest BCUT2D eigenvalue weighted by Crippen LogP contribution is -2.51. The van der Waals surface area contributed by atoms with Crippen LogP contribution in [0.3, 0.4) is 0 Å². The first-order valence-corrected chi connectivity index (χ1v) is 11.8. The van der Waals surface area contributed by atoms with E-state index in [0.717, 1.165) is 26.1 Å². The number of nitrogens with one attached hydrogen (secondary N) is 1. The van der Waals surface area contributed by atoms with Crippen molar-refractivity contribution in [1.29, 1.82) is 0 Å². The molecule has 8 heteroatoms. The number of hydrogen-bond acceptors (Lipinski definition) is 5. The molecule has 0 radical (unpaired) electrons. The number of carbonyl (C=O) groups is 1. The van der Waals surface area contributed by atoms with Crippen LogP contribution >= 0.6 is 0 Å². The molecule has 3 rings (SSSR count). The largest absolute Gasteiger partial charge is 0.374 e. The summed E-state index contributed by atoms with van der Waals surface area (Å²) in [5.41, 5.74) is 1.26. The lowest BCUT2D eigenvalue weighted by atomic mass is 10.2. The Bertz CT molecular complexity index is 741. The zero-order chi connectivity index (χ0) is 20.0. The highest BCUT2D eigenvalue weighted by molar-refractivity contribution is 7.89. The second-order valence-corrected chi connectivity index (χ2v) is 9.58. The van der Waals surface area contributed by atoms with Gasteiger partial charge in [-0.2, -0.15) is 4.31 Å². The van der Waals surface area contributed by atoms with Crippen LogP contribution in [0, 0.1) is 0 Å². The Morgan fingerprint density at radius 2 is 2.04 bits per heavy atom. The number of carbonyl (C=O) groups excluding carboxylic acids is 1. The second kappa shape index (κ2) is 9.82. The molecular formula is C20H31N3O4S. The van der Waals surface area contributed by atoms with E-state index in [4.69, 9.17) is 4.74 Å². The van der Waals surface area contributed by atoms with Crippen LogP contribution in [-0.4, -0.2) is 74.2 Å². The molecule has 156 valence electrons. The van der Waals surface area contributed by atoms with Crippen LogP contribution in [-0.2, 0) is 26.1 Å². The van der Waals surface area contributed by atoms with Gasteiger partial charge in [0.05, 0.1) is 18.5 Å². The molecule has 2 saturated heterocycles. The van der Waals surface area contributed by atoms with Gasteiger partial charge in [0.2, 0.25) is 15.9 Å². The van der Waals surface area contributed by atoms with Crippen LogP contribution < -0.4 is 5.32 Å². The number of rotatable bonds is 8. The van der Waals surface area contributed by atoms with Crippen molar-refractivity contribution in [3.05, 3.63) is 35.9 Å². The zero-order valence-corrected chi connectivity index (χ0v) is 17.4. The maximum atomic E-state index is 12.6. The van der Waals surface area contributed by atoms with Crippen molar-refractivity contribution in [2.24, 2.45) is 0 Å². The maximum Gasteiger partial charge on any atom is 0.238 e. The predicted octanol–water partition coefficient (Wildman–Crippen LogP) is 1.21. The molecule has 0 saturated carbocycles. The van der Waals surface area contributed by atoms with Crippen molar-refractivity contribution in [3.63, 3.8) is 0 Å². The molecule has 1 aromatic carbocycles. The average molecular weight is 410 g/mol. The van der Waals surface area contributed by atoms with Gasteiger partial charge in [0.1, 0.15) is 6.04 Å². The van der Waals surface area contributed by atoms with Crippen LogP contribution in [0.4, 0.5) is 0 Å². The zero-order valence-electron chi connectivity index (χ0n) is 16.5. The molecule has 0 aromatic heterocycles. The minimum absolute atomic E-state index is 0.0801. The molecule has 2 aliphatic rings. The Morgan fingerprint density at radius 1 is 1.25 bits per heavy atom. The summed E-state index contributed by atoms with van der Waals surface area (Å²) < 4.78 is 32.0. The van der Waals surface area contributed by atoms with Gasteiger partial charge < -0.3 is 10.1 Å². The van der Waals surface area contributed by atoms with Crippen LogP contribution in [0.15, 0.2) is 30.3 Å². The molecule has 0 bridgehead atoms. The van der Waals surface area contributed by atoms with Gasteiger partial charge in [0, 0.05) is 32.7 Å². The van der Waals surface area contributed by atoms with E-state index in [9.17, 15) is 13.2 Å². The molecule has 0 aliphatic carbocycles. The first kappa shape index (κ1) is 21.2. The minimum atomic E-state index is -3.36. The van der Waals surface area contributed by atoms with E-state index in [-0.39, 0.29) is 17.8 Å². The lowest BCUT2D eigenvalue weighted by Gasteiger charge is -2.33. The van der Waals surface area contributed by atoms with Crippen molar-refractivity contribution in [2.45, 2.75) is 44.9 Å². The molecule has 0 spiro atoms. The van der Waals surface area contributed by atoms with E-state index in [1.807, 2.05) is 25.1 Å². The predicted molar refractivity (Wildman–Crippen MR) is 108 cm³/mol. The average Bonchev–Trinajstić information content (AvgIpc) is 3.18. The highest BCUT2D eigenvalue weighted by atomic mass is 32.2. The molecule has 2 aliphatic heterocycles. The van der Waals surface area contributed by atoms with Crippen molar-refractivity contribution >= 4 is 15.9 Å². The normalized spacial score (nSPS) is 24.3. The van der Waals surface area contributed by atoms with Gasteiger partial charge in [-0.3, -0.25) is 9.69 Å². The molecule has 1 N–H and O–H groups in total. The number of hydrogen-bond donors (Lipinski definition) is 1. The number of morpholine rings is 1. The smallest absolute Gasteiger partial charge is 0.238 e. The van der Waals surface area contributed by atoms with Gasteiger partial charge >= 0.3 is 0 Å². The summed E-state index contributed by atoms with van der Waals surface area (Å²) in [5, 5.41) is 2.93. The number of ether oxygens (including phenoxy) is 1. The summed E-state index contributed by atoms with van der Waals surface area (Å²) in [6.45, 7) is 5.79. The van der Waals surface area contributed by atoms with Crippen molar-refractivity contribution in [1.82, 2.24) is 14.5 Å². The van der Waals surface area contributed by atoms with Crippen LogP contribution in [0.1, 0.15) is 31.7 Å². The molecule has 28 heavy (non-hydrogen) atoms. The summed E-state index contributed by atoms with van der Waals surface area (Å²) in [7, 11) is -3.36. The van der Waals surface area contributed by atoms with Crippen molar-refractivity contribution in [2.75, 3.05) is 38.5 Å². The fourth-order valence-electron chi connectivity index (χ4n) is 3.93. The third-order valence-corrected chi connectivity index (χ3v) is 7.38. The Labute approximate surface area is 168 Å². The van der Waals surface area contributed by atoms with E-state index in [1.54, 1.807) is 0 Å². The third kappa shape index (κ3) is 5.53. The number of benzene rings is 1.